The summed E-state index contributed by atoms with van der Waals surface area (Å²) in [6, 6.07) is 11.6. The van der Waals surface area contributed by atoms with Gasteiger partial charge in [0.05, 0.1) is 11.6 Å². The van der Waals surface area contributed by atoms with Gasteiger partial charge in [0, 0.05) is 17.3 Å². The molecule has 0 atom stereocenters. The number of hydrogen-bond acceptors (Lipinski definition) is 3. The molecular formula is C16H15N3O. The summed E-state index contributed by atoms with van der Waals surface area (Å²) in [7, 11) is 0. The van der Waals surface area contributed by atoms with E-state index in [0.29, 0.717) is 24.4 Å². The molecule has 2 aromatic rings. The highest BCUT2D eigenvalue weighted by Crippen LogP contribution is 2.45. The summed E-state index contributed by atoms with van der Waals surface area (Å²) in [5.41, 5.74) is 0.756. The minimum Gasteiger partial charge on any atom is -0.325 e. The summed E-state index contributed by atoms with van der Waals surface area (Å²) in [6.07, 6.45) is 3.02. The van der Waals surface area contributed by atoms with Crippen molar-refractivity contribution in [1.29, 1.82) is 5.26 Å². The van der Waals surface area contributed by atoms with E-state index in [9.17, 15) is 10.1 Å². The average molecular weight is 265 g/mol. The van der Waals surface area contributed by atoms with E-state index < -0.39 is 5.41 Å². The maximum Gasteiger partial charge on any atom is 0.244 e. The Morgan fingerprint density at radius 3 is 2.95 bits per heavy atom. The number of anilines is 1. The van der Waals surface area contributed by atoms with Crippen LogP contribution in [0, 0.1) is 22.7 Å². The Labute approximate surface area is 117 Å². The molecule has 1 aliphatic rings. The number of rotatable bonds is 2. The standard InChI is InChI=1S/C16H15N3O/c1-11-8-16(9-11,10-17)15(20)19-13-4-5-14-12(7-13)3-2-6-18-14/h2-7,11H,8-9H2,1H3,(H,19,20). The van der Waals surface area contributed by atoms with Crippen molar-refractivity contribution in [3.63, 3.8) is 0 Å². The molecule has 1 saturated carbocycles. The lowest BCUT2D eigenvalue weighted by Crippen LogP contribution is -2.45. The fraction of sp³-hybridized carbons (Fsp3) is 0.312. The molecule has 3 rings (SSSR count). The quantitative estimate of drug-likeness (QED) is 0.907. The molecule has 1 N–H and O–H groups in total. The molecule has 4 heteroatoms. The van der Waals surface area contributed by atoms with Crippen LogP contribution in [0.2, 0.25) is 0 Å². The lowest BCUT2D eigenvalue weighted by molar-refractivity contribution is -0.128. The molecular weight excluding hydrogens is 250 g/mol. The number of nitrogens with one attached hydrogen (secondary N) is 1. The van der Waals surface area contributed by atoms with E-state index in [4.69, 9.17) is 0 Å². The third-order valence-electron chi connectivity index (χ3n) is 3.90. The number of nitrogens with zero attached hydrogens (tertiary/aromatic N) is 2. The Kier molecular flexibility index (Phi) is 2.90. The first-order valence-electron chi connectivity index (χ1n) is 6.70. The summed E-state index contributed by atoms with van der Waals surface area (Å²) < 4.78 is 0. The fourth-order valence-corrected chi connectivity index (χ4v) is 2.86. The largest absolute Gasteiger partial charge is 0.325 e. The van der Waals surface area contributed by atoms with Crippen molar-refractivity contribution >= 4 is 22.5 Å². The molecule has 0 radical (unpaired) electrons. The van der Waals surface area contributed by atoms with Gasteiger partial charge >= 0.3 is 0 Å². The molecule has 100 valence electrons. The van der Waals surface area contributed by atoms with Gasteiger partial charge in [-0.1, -0.05) is 13.0 Å². The Balaban J connectivity index is 1.83. The van der Waals surface area contributed by atoms with Crippen LogP contribution in [0.3, 0.4) is 0 Å². The van der Waals surface area contributed by atoms with Crippen LogP contribution in [0.5, 0.6) is 0 Å². The van der Waals surface area contributed by atoms with Crippen LogP contribution in [0.1, 0.15) is 19.8 Å². The van der Waals surface area contributed by atoms with Crippen molar-refractivity contribution in [3.05, 3.63) is 36.5 Å². The number of nitriles is 1. The maximum absolute atomic E-state index is 12.3. The van der Waals surface area contributed by atoms with Gasteiger partial charge in [0.15, 0.2) is 0 Å². The zero-order valence-electron chi connectivity index (χ0n) is 11.3. The van der Waals surface area contributed by atoms with Crippen molar-refractivity contribution in [1.82, 2.24) is 4.98 Å². The molecule has 1 amide bonds. The van der Waals surface area contributed by atoms with Crippen LogP contribution in [0.25, 0.3) is 10.9 Å². The zero-order valence-corrected chi connectivity index (χ0v) is 11.3. The van der Waals surface area contributed by atoms with Gasteiger partial charge in [-0.15, -0.1) is 0 Å². The lowest BCUT2D eigenvalue weighted by atomic mass is 9.63. The average Bonchev–Trinajstić information content (AvgIpc) is 2.43. The predicted molar refractivity (Wildman–Crippen MR) is 76.8 cm³/mol. The van der Waals surface area contributed by atoms with Crippen LogP contribution in [-0.4, -0.2) is 10.9 Å². The Morgan fingerprint density at radius 1 is 1.45 bits per heavy atom. The number of carbonyl (C=O) groups is 1. The van der Waals surface area contributed by atoms with Crippen molar-refractivity contribution in [3.8, 4) is 6.07 Å². The summed E-state index contributed by atoms with van der Waals surface area (Å²) in [5, 5.41) is 13.1. The van der Waals surface area contributed by atoms with E-state index in [1.54, 1.807) is 6.20 Å². The molecule has 20 heavy (non-hydrogen) atoms. The zero-order chi connectivity index (χ0) is 14.2. The Bertz CT molecular complexity index is 711. The molecule has 0 spiro atoms. The minimum absolute atomic E-state index is 0.193. The van der Waals surface area contributed by atoms with Gasteiger partial charge in [0.1, 0.15) is 5.41 Å². The summed E-state index contributed by atoms with van der Waals surface area (Å²) in [6.45, 7) is 2.06. The second kappa shape index (κ2) is 4.61. The van der Waals surface area contributed by atoms with Gasteiger partial charge < -0.3 is 5.32 Å². The number of hydrogen-bond donors (Lipinski definition) is 1. The molecule has 1 aliphatic carbocycles. The molecule has 0 unspecified atom stereocenters. The van der Waals surface area contributed by atoms with Crippen molar-refractivity contribution in [2.24, 2.45) is 11.3 Å². The molecule has 1 heterocycles. The van der Waals surface area contributed by atoms with Crippen LogP contribution in [0.4, 0.5) is 5.69 Å². The van der Waals surface area contributed by atoms with E-state index in [0.717, 1.165) is 10.9 Å². The molecule has 4 nitrogen and oxygen atoms in total. The normalized spacial score (nSPS) is 24.7. The summed E-state index contributed by atoms with van der Waals surface area (Å²) in [5.74, 6) is 0.252. The van der Waals surface area contributed by atoms with Crippen molar-refractivity contribution < 1.29 is 4.79 Å². The van der Waals surface area contributed by atoms with E-state index in [2.05, 4.69) is 23.3 Å². The van der Waals surface area contributed by atoms with Gasteiger partial charge in [0.2, 0.25) is 5.91 Å². The van der Waals surface area contributed by atoms with E-state index in [1.807, 2.05) is 30.3 Å². The first kappa shape index (κ1) is 12.6. The predicted octanol–water partition coefficient (Wildman–Crippen LogP) is 3.11. The number of carbonyl (C=O) groups excluding carboxylic acids is 1. The Morgan fingerprint density at radius 2 is 2.25 bits per heavy atom. The first-order valence-corrected chi connectivity index (χ1v) is 6.70. The maximum atomic E-state index is 12.3. The molecule has 1 aromatic carbocycles. The summed E-state index contributed by atoms with van der Waals surface area (Å²) >= 11 is 0. The third kappa shape index (κ3) is 2.01. The molecule has 0 bridgehead atoms. The second-order valence-corrected chi connectivity index (χ2v) is 5.57. The third-order valence-corrected chi connectivity index (χ3v) is 3.90. The summed E-state index contributed by atoms with van der Waals surface area (Å²) in [4.78, 5) is 16.5. The van der Waals surface area contributed by atoms with E-state index >= 15 is 0 Å². The molecule has 0 saturated heterocycles. The van der Waals surface area contributed by atoms with Crippen molar-refractivity contribution in [2.45, 2.75) is 19.8 Å². The Hall–Kier alpha value is -2.41. The van der Waals surface area contributed by atoms with Gasteiger partial charge in [-0.05, 0) is 43.0 Å². The van der Waals surface area contributed by atoms with Crippen molar-refractivity contribution in [2.75, 3.05) is 5.32 Å². The van der Waals surface area contributed by atoms with E-state index in [-0.39, 0.29) is 5.91 Å². The van der Waals surface area contributed by atoms with Gasteiger partial charge in [0.25, 0.3) is 0 Å². The number of aromatic nitrogens is 1. The topological polar surface area (TPSA) is 65.8 Å². The number of amides is 1. The number of pyridine rings is 1. The lowest BCUT2D eigenvalue weighted by Gasteiger charge is -2.39. The van der Waals surface area contributed by atoms with Gasteiger partial charge in [-0.2, -0.15) is 5.26 Å². The van der Waals surface area contributed by atoms with Crippen LogP contribution < -0.4 is 5.32 Å². The minimum atomic E-state index is -0.844. The number of fused-ring (bicyclic) bond motifs is 1. The second-order valence-electron chi connectivity index (χ2n) is 5.57. The van der Waals surface area contributed by atoms with Gasteiger partial charge in [-0.25, -0.2) is 0 Å². The molecule has 0 aliphatic heterocycles. The van der Waals surface area contributed by atoms with Crippen LogP contribution >= 0.6 is 0 Å². The first-order chi connectivity index (χ1) is 9.63. The smallest absolute Gasteiger partial charge is 0.244 e. The molecule has 1 fully saturated rings. The number of benzene rings is 1. The van der Waals surface area contributed by atoms with Gasteiger partial charge in [-0.3, -0.25) is 9.78 Å². The highest BCUT2D eigenvalue weighted by Gasteiger charge is 2.48. The van der Waals surface area contributed by atoms with E-state index in [1.165, 1.54) is 0 Å². The molecule has 1 aromatic heterocycles. The highest BCUT2D eigenvalue weighted by molar-refractivity contribution is 5.99. The fourth-order valence-electron chi connectivity index (χ4n) is 2.86. The monoisotopic (exact) mass is 265 g/mol. The van der Waals surface area contributed by atoms with Crippen LogP contribution in [0.15, 0.2) is 36.5 Å². The highest BCUT2D eigenvalue weighted by atomic mass is 16.2. The SMILES string of the molecule is CC1CC(C#N)(C(=O)Nc2ccc3ncccc3c2)C1. The van der Waals surface area contributed by atoms with Crippen LogP contribution in [-0.2, 0) is 4.79 Å².